The molecular weight excluding hydrogens is 225 g/mol. The molecular formula is C16H18FN. The molecule has 0 aliphatic carbocycles. The van der Waals surface area contributed by atoms with Crippen LogP contribution in [-0.4, -0.2) is 6.54 Å². The summed E-state index contributed by atoms with van der Waals surface area (Å²) in [4.78, 5) is 0. The average Bonchev–Trinajstić information content (AvgIpc) is 2.39. The predicted octanol–water partition coefficient (Wildman–Crippen LogP) is 3.91. The van der Waals surface area contributed by atoms with Gasteiger partial charge in [0.15, 0.2) is 0 Å². The highest BCUT2D eigenvalue weighted by molar-refractivity contribution is 5.67. The van der Waals surface area contributed by atoms with Crippen molar-refractivity contribution in [2.24, 2.45) is 0 Å². The van der Waals surface area contributed by atoms with Crippen molar-refractivity contribution < 1.29 is 4.39 Å². The second-order valence-corrected chi connectivity index (χ2v) is 4.40. The number of hydrogen-bond donors (Lipinski definition) is 1. The van der Waals surface area contributed by atoms with Crippen LogP contribution in [0.25, 0.3) is 11.1 Å². The van der Waals surface area contributed by atoms with E-state index in [2.05, 4.69) is 24.4 Å². The van der Waals surface area contributed by atoms with Crippen LogP contribution in [0.1, 0.15) is 18.1 Å². The van der Waals surface area contributed by atoms with Crippen LogP contribution in [0.3, 0.4) is 0 Å². The van der Waals surface area contributed by atoms with Crippen molar-refractivity contribution in [1.82, 2.24) is 5.32 Å². The third-order valence-electron chi connectivity index (χ3n) is 3.07. The van der Waals surface area contributed by atoms with E-state index >= 15 is 0 Å². The standard InChI is InChI=1S/C16H18FN/c1-3-18-11-14-10-13(8-9-16(14)17)15-7-5-4-6-12(15)2/h4-10,18H,3,11H2,1-2H3. The van der Waals surface area contributed by atoms with E-state index in [1.54, 1.807) is 6.07 Å². The van der Waals surface area contributed by atoms with Gasteiger partial charge in [-0.3, -0.25) is 0 Å². The highest BCUT2D eigenvalue weighted by Gasteiger charge is 2.06. The Labute approximate surface area is 108 Å². The van der Waals surface area contributed by atoms with Gasteiger partial charge in [0.05, 0.1) is 0 Å². The topological polar surface area (TPSA) is 12.0 Å². The molecule has 0 saturated heterocycles. The van der Waals surface area contributed by atoms with Crippen LogP contribution in [0, 0.1) is 12.7 Å². The van der Waals surface area contributed by atoms with Crippen molar-refractivity contribution in [2.45, 2.75) is 20.4 Å². The van der Waals surface area contributed by atoms with Crippen LogP contribution in [0.2, 0.25) is 0 Å². The van der Waals surface area contributed by atoms with E-state index < -0.39 is 0 Å². The molecule has 1 N–H and O–H groups in total. The molecule has 0 bridgehead atoms. The highest BCUT2D eigenvalue weighted by atomic mass is 19.1. The fourth-order valence-corrected chi connectivity index (χ4v) is 2.03. The summed E-state index contributed by atoms with van der Waals surface area (Å²) >= 11 is 0. The maximum Gasteiger partial charge on any atom is 0.127 e. The number of aryl methyl sites for hydroxylation is 1. The van der Waals surface area contributed by atoms with Crippen LogP contribution < -0.4 is 5.32 Å². The molecule has 0 saturated carbocycles. The van der Waals surface area contributed by atoms with E-state index in [0.29, 0.717) is 6.54 Å². The highest BCUT2D eigenvalue weighted by Crippen LogP contribution is 2.25. The predicted molar refractivity (Wildman–Crippen MR) is 74.0 cm³/mol. The molecule has 0 heterocycles. The molecule has 0 aliphatic heterocycles. The molecule has 0 fully saturated rings. The van der Waals surface area contributed by atoms with Gasteiger partial charge in [0.25, 0.3) is 0 Å². The monoisotopic (exact) mass is 243 g/mol. The first-order chi connectivity index (χ1) is 8.72. The molecule has 2 rings (SSSR count). The van der Waals surface area contributed by atoms with E-state index in [9.17, 15) is 4.39 Å². The lowest BCUT2D eigenvalue weighted by Gasteiger charge is -2.09. The molecule has 2 aromatic carbocycles. The second kappa shape index (κ2) is 5.78. The fraction of sp³-hybridized carbons (Fsp3) is 0.250. The van der Waals surface area contributed by atoms with Gasteiger partial charge in [0, 0.05) is 12.1 Å². The first kappa shape index (κ1) is 12.8. The molecule has 0 amide bonds. The zero-order valence-electron chi connectivity index (χ0n) is 10.8. The van der Waals surface area contributed by atoms with Gasteiger partial charge in [-0.2, -0.15) is 0 Å². The Kier molecular flexibility index (Phi) is 4.11. The van der Waals surface area contributed by atoms with Crippen molar-refractivity contribution in [1.29, 1.82) is 0 Å². The van der Waals surface area contributed by atoms with Crippen molar-refractivity contribution in [3.05, 3.63) is 59.4 Å². The van der Waals surface area contributed by atoms with Gasteiger partial charge in [-0.05, 0) is 42.3 Å². The molecule has 0 unspecified atom stereocenters. The van der Waals surface area contributed by atoms with Gasteiger partial charge >= 0.3 is 0 Å². The Morgan fingerprint density at radius 2 is 1.89 bits per heavy atom. The lowest BCUT2D eigenvalue weighted by atomic mass is 9.99. The number of hydrogen-bond acceptors (Lipinski definition) is 1. The van der Waals surface area contributed by atoms with E-state index in [0.717, 1.165) is 23.2 Å². The summed E-state index contributed by atoms with van der Waals surface area (Å²) in [7, 11) is 0. The zero-order chi connectivity index (χ0) is 13.0. The van der Waals surface area contributed by atoms with Crippen LogP contribution in [0.5, 0.6) is 0 Å². The summed E-state index contributed by atoms with van der Waals surface area (Å²) in [6.07, 6.45) is 0. The number of nitrogens with one attached hydrogen (secondary N) is 1. The molecule has 0 atom stereocenters. The molecule has 1 nitrogen and oxygen atoms in total. The maximum absolute atomic E-state index is 13.7. The number of rotatable bonds is 4. The lowest BCUT2D eigenvalue weighted by molar-refractivity contribution is 0.593. The van der Waals surface area contributed by atoms with Crippen molar-refractivity contribution in [3.63, 3.8) is 0 Å². The fourth-order valence-electron chi connectivity index (χ4n) is 2.03. The summed E-state index contributed by atoms with van der Waals surface area (Å²) in [6.45, 7) is 5.50. The molecule has 2 heteroatoms. The summed E-state index contributed by atoms with van der Waals surface area (Å²) in [6, 6.07) is 13.5. The van der Waals surface area contributed by atoms with Crippen molar-refractivity contribution in [3.8, 4) is 11.1 Å². The lowest BCUT2D eigenvalue weighted by Crippen LogP contribution is -2.13. The minimum absolute atomic E-state index is 0.145. The molecule has 94 valence electrons. The normalized spacial score (nSPS) is 10.6. The summed E-state index contributed by atoms with van der Waals surface area (Å²) < 4.78 is 13.7. The third-order valence-corrected chi connectivity index (χ3v) is 3.07. The largest absolute Gasteiger partial charge is 0.313 e. The van der Waals surface area contributed by atoms with Crippen molar-refractivity contribution >= 4 is 0 Å². The maximum atomic E-state index is 13.7. The first-order valence-electron chi connectivity index (χ1n) is 6.27. The smallest absolute Gasteiger partial charge is 0.127 e. The van der Waals surface area contributed by atoms with E-state index in [1.807, 2.05) is 31.2 Å². The van der Waals surface area contributed by atoms with Gasteiger partial charge in [-0.15, -0.1) is 0 Å². The van der Waals surface area contributed by atoms with Gasteiger partial charge < -0.3 is 5.32 Å². The Morgan fingerprint density at radius 1 is 1.11 bits per heavy atom. The minimum atomic E-state index is -0.145. The molecule has 0 aromatic heterocycles. The van der Waals surface area contributed by atoms with E-state index in [-0.39, 0.29) is 5.82 Å². The van der Waals surface area contributed by atoms with E-state index in [1.165, 1.54) is 5.56 Å². The first-order valence-corrected chi connectivity index (χ1v) is 6.27. The Balaban J connectivity index is 2.38. The minimum Gasteiger partial charge on any atom is -0.313 e. The molecule has 18 heavy (non-hydrogen) atoms. The molecule has 2 aromatic rings. The summed E-state index contributed by atoms with van der Waals surface area (Å²) in [5, 5.41) is 3.16. The Bertz CT molecular complexity index is 534. The van der Waals surface area contributed by atoms with Gasteiger partial charge in [0.2, 0.25) is 0 Å². The van der Waals surface area contributed by atoms with Gasteiger partial charge in [-0.1, -0.05) is 37.3 Å². The third kappa shape index (κ3) is 2.77. The average molecular weight is 243 g/mol. The van der Waals surface area contributed by atoms with Crippen LogP contribution in [0.15, 0.2) is 42.5 Å². The Morgan fingerprint density at radius 3 is 2.61 bits per heavy atom. The molecule has 0 aliphatic rings. The summed E-state index contributed by atoms with van der Waals surface area (Å²) in [5.41, 5.74) is 4.16. The number of halogens is 1. The molecule has 0 radical (unpaired) electrons. The zero-order valence-corrected chi connectivity index (χ0v) is 10.8. The number of benzene rings is 2. The second-order valence-electron chi connectivity index (χ2n) is 4.40. The van der Waals surface area contributed by atoms with Gasteiger partial charge in [-0.25, -0.2) is 4.39 Å². The Hall–Kier alpha value is -1.67. The quantitative estimate of drug-likeness (QED) is 0.858. The van der Waals surface area contributed by atoms with Crippen LogP contribution >= 0.6 is 0 Å². The van der Waals surface area contributed by atoms with Crippen LogP contribution in [-0.2, 0) is 6.54 Å². The van der Waals surface area contributed by atoms with Crippen molar-refractivity contribution in [2.75, 3.05) is 6.54 Å². The molecule has 0 spiro atoms. The van der Waals surface area contributed by atoms with Gasteiger partial charge in [0.1, 0.15) is 5.82 Å². The summed E-state index contributed by atoms with van der Waals surface area (Å²) in [5.74, 6) is -0.145. The van der Waals surface area contributed by atoms with E-state index in [4.69, 9.17) is 0 Å². The SMILES string of the molecule is CCNCc1cc(-c2ccccc2C)ccc1F. The van der Waals surface area contributed by atoms with Crippen LogP contribution in [0.4, 0.5) is 4.39 Å².